The van der Waals surface area contributed by atoms with Crippen molar-refractivity contribution in [3.8, 4) is 0 Å². The lowest BCUT2D eigenvalue weighted by molar-refractivity contribution is 0.103. The number of benzene rings is 1. The maximum atomic E-state index is 13.8. The standard InChI is InChI=1S/C15H10F2N2O/c1-8-5-10(13(17)6-12(8)16)14(20)11-7-19-15-9(11)3-2-4-18-15/h2-7H,1H3,(H,18,19). The second-order valence-corrected chi connectivity index (χ2v) is 4.51. The molecule has 5 heteroatoms. The van der Waals surface area contributed by atoms with Crippen LogP contribution >= 0.6 is 0 Å². The van der Waals surface area contributed by atoms with Crippen LogP contribution in [0.2, 0.25) is 0 Å². The van der Waals surface area contributed by atoms with Gasteiger partial charge in [-0.15, -0.1) is 0 Å². The number of carbonyl (C=O) groups is 1. The van der Waals surface area contributed by atoms with Crippen molar-refractivity contribution in [2.24, 2.45) is 0 Å². The van der Waals surface area contributed by atoms with E-state index in [1.54, 1.807) is 18.3 Å². The zero-order valence-electron chi connectivity index (χ0n) is 10.6. The van der Waals surface area contributed by atoms with Gasteiger partial charge >= 0.3 is 0 Å². The zero-order valence-corrected chi connectivity index (χ0v) is 10.6. The predicted octanol–water partition coefficient (Wildman–Crippen LogP) is 3.38. The minimum absolute atomic E-state index is 0.145. The van der Waals surface area contributed by atoms with Gasteiger partial charge in [0, 0.05) is 29.4 Å². The molecule has 0 bridgehead atoms. The zero-order chi connectivity index (χ0) is 14.3. The Balaban J connectivity index is 2.16. The first-order chi connectivity index (χ1) is 9.58. The lowest BCUT2D eigenvalue weighted by atomic mass is 10.0. The Labute approximate surface area is 113 Å². The van der Waals surface area contributed by atoms with Crippen molar-refractivity contribution < 1.29 is 13.6 Å². The summed E-state index contributed by atoms with van der Waals surface area (Å²) in [5.74, 6) is -2.03. The fourth-order valence-electron chi connectivity index (χ4n) is 2.12. The smallest absolute Gasteiger partial charge is 0.198 e. The SMILES string of the molecule is Cc1cc(C(=O)c2c[nH]c3ncccc23)c(F)cc1F. The molecule has 0 amide bonds. The van der Waals surface area contributed by atoms with E-state index in [1.807, 2.05) is 0 Å². The minimum atomic E-state index is -0.864. The number of rotatable bonds is 2. The number of aryl methyl sites for hydroxylation is 1. The molecule has 0 saturated carbocycles. The summed E-state index contributed by atoms with van der Waals surface area (Å²) >= 11 is 0. The summed E-state index contributed by atoms with van der Waals surface area (Å²) < 4.78 is 27.0. The van der Waals surface area contributed by atoms with Crippen molar-refractivity contribution in [3.63, 3.8) is 0 Å². The molecule has 0 spiro atoms. The van der Waals surface area contributed by atoms with E-state index >= 15 is 0 Å². The Hall–Kier alpha value is -2.56. The number of nitrogens with one attached hydrogen (secondary N) is 1. The summed E-state index contributed by atoms with van der Waals surface area (Å²) in [6, 6.07) is 5.37. The van der Waals surface area contributed by atoms with Gasteiger partial charge in [0.1, 0.15) is 17.3 Å². The number of H-pyrrole nitrogens is 1. The molecule has 1 N–H and O–H groups in total. The number of carbonyl (C=O) groups excluding carboxylic acids is 1. The second-order valence-electron chi connectivity index (χ2n) is 4.51. The molecule has 0 aliphatic carbocycles. The Kier molecular flexibility index (Phi) is 2.82. The second kappa shape index (κ2) is 4.52. The molecule has 0 saturated heterocycles. The first kappa shape index (κ1) is 12.5. The highest BCUT2D eigenvalue weighted by atomic mass is 19.1. The van der Waals surface area contributed by atoms with Gasteiger partial charge in [0.15, 0.2) is 5.78 Å². The quantitative estimate of drug-likeness (QED) is 0.727. The normalized spacial score (nSPS) is 10.9. The summed E-state index contributed by atoms with van der Waals surface area (Å²) in [7, 11) is 0. The largest absolute Gasteiger partial charge is 0.345 e. The van der Waals surface area contributed by atoms with E-state index in [4.69, 9.17) is 0 Å². The highest BCUT2D eigenvalue weighted by Gasteiger charge is 2.19. The van der Waals surface area contributed by atoms with E-state index in [0.29, 0.717) is 16.6 Å². The predicted molar refractivity (Wildman–Crippen MR) is 70.6 cm³/mol. The third kappa shape index (κ3) is 1.87. The summed E-state index contributed by atoms with van der Waals surface area (Å²) in [4.78, 5) is 19.3. The van der Waals surface area contributed by atoms with Gasteiger partial charge in [-0.3, -0.25) is 4.79 Å². The molecule has 1 aromatic carbocycles. The van der Waals surface area contributed by atoms with E-state index < -0.39 is 17.4 Å². The average molecular weight is 272 g/mol. The third-order valence-electron chi connectivity index (χ3n) is 3.19. The molecule has 0 aliphatic heterocycles. The van der Waals surface area contributed by atoms with Crippen LogP contribution in [0.4, 0.5) is 8.78 Å². The summed E-state index contributed by atoms with van der Waals surface area (Å²) in [5, 5.41) is 0.610. The number of hydrogen-bond donors (Lipinski definition) is 1. The maximum absolute atomic E-state index is 13.8. The van der Waals surface area contributed by atoms with Crippen molar-refractivity contribution >= 4 is 16.8 Å². The fraction of sp³-hybridized carbons (Fsp3) is 0.0667. The lowest BCUT2D eigenvalue weighted by Crippen LogP contribution is -2.05. The Morgan fingerprint density at radius 2 is 2.00 bits per heavy atom. The van der Waals surface area contributed by atoms with E-state index in [-0.39, 0.29) is 11.1 Å². The molecule has 0 radical (unpaired) electrons. The van der Waals surface area contributed by atoms with Crippen LogP contribution in [0.5, 0.6) is 0 Å². The van der Waals surface area contributed by atoms with Crippen LogP contribution in [0.15, 0.2) is 36.7 Å². The average Bonchev–Trinajstić information content (AvgIpc) is 2.86. The molecule has 0 unspecified atom stereocenters. The molecule has 3 rings (SSSR count). The first-order valence-corrected chi connectivity index (χ1v) is 6.00. The number of aromatic nitrogens is 2. The molecule has 0 fully saturated rings. The molecule has 0 aliphatic rings. The topological polar surface area (TPSA) is 45.8 Å². The summed E-state index contributed by atoms with van der Waals surface area (Å²) in [5.41, 5.74) is 0.953. The lowest BCUT2D eigenvalue weighted by Gasteiger charge is -2.04. The number of halogens is 2. The van der Waals surface area contributed by atoms with Gasteiger partial charge in [-0.2, -0.15) is 0 Å². The number of aromatic amines is 1. The van der Waals surface area contributed by atoms with Crippen molar-refractivity contribution in [1.82, 2.24) is 9.97 Å². The molecule has 100 valence electrons. The van der Waals surface area contributed by atoms with Crippen LogP contribution in [0.3, 0.4) is 0 Å². The van der Waals surface area contributed by atoms with E-state index in [0.717, 1.165) is 6.07 Å². The third-order valence-corrected chi connectivity index (χ3v) is 3.19. The molecule has 20 heavy (non-hydrogen) atoms. The molecule has 2 heterocycles. The van der Waals surface area contributed by atoms with Crippen LogP contribution in [-0.4, -0.2) is 15.8 Å². The number of hydrogen-bond acceptors (Lipinski definition) is 2. The Bertz CT molecular complexity index is 824. The summed E-state index contributed by atoms with van der Waals surface area (Å²) in [6.45, 7) is 1.49. The van der Waals surface area contributed by atoms with Crippen molar-refractivity contribution in [1.29, 1.82) is 0 Å². The van der Waals surface area contributed by atoms with E-state index in [2.05, 4.69) is 9.97 Å². The molecule has 2 aromatic heterocycles. The summed E-state index contributed by atoms with van der Waals surface area (Å²) in [6.07, 6.45) is 3.08. The fourth-order valence-corrected chi connectivity index (χ4v) is 2.12. The van der Waals surface area contributed by atoms with Gasteiger partial charge in [-0.05, 0) is 30.7 Å². The van der Waals surface area contributed by atoms with E-state index in [9.17, 15) is 13.6 Å². The number of fused-ring (bicyclic) bond motifs is 1. The molecule has 3 nitrogen and oxygen atoms in total. The number of nitrogens with zero attached hydrogens (tertiary/aromatic N) is 1. The van der Waals surface area contributed by atoms with Crippen molar-refractivity contribution in [3.05, 3.63) is 65.0 Å². The number of ketones is 1. The van der Waals surface area contributed by atoms with Crippen molar-refractivity contribution in [2.75, 3.05) is 0 Å². The molecular weight excluding hydrogens is 262 g/mol. The van der Waals surface area contributed by atoms with E-state index in [1.165, 1.54) is 19.2 Å². The van der Waals surface area contributed by atoms with Crippen LogP contribution in [0.25, 0.3) is 11.0 Å². The number of pyridine rings is 1. The van der Waals surface area contributed by atoms with Gasteiger partial charge in [0.2, 0.25) is 0 Å². The van der Waals surface area contributed by atoms with Gasteiger partial charge in [-0.1, -0.05) is 0 Å². The van der Waals surface area contributed by atoms with Gasteiger partial charge < -0.3 is 4.98 Å². The monoisotopic (exact) mass is 272 g/mol. The molecule has 3 aromatic rings. The van der Waals surface area contributed by atoms with Gasteiger partial charge in [0.05, 0.1) is 5.56 Å². The van der Waals surface area contributed by atoms with Crippen LogP contribution in [0, 0.1) is 18.6 Å². The highest BCUT2D eigenvalue weighted by Crippen LogP contribution is 2.22. The van der Waals surface area contributed by atoms with Crippen molar-refractivity contribution in [2.45, 2.75) is 6.92 Å². The van der Waals surface area contributed by atoms with Gasteiger partial charge in [0.25, 0.3) is 0 Å². The maximum Gasteiger partial charge on any atom is 0.198 e. The Morgan fingerprint density at radius 1 is 1.20 bits per heavy atom. The Morgan fingerprint density at radius 3 is 2.80 bits per heavy atom. The van der Waals surface area contributed by atoms with Crippen LogP contribution in [-0.2, 0) is 0 Å². The first-order valence-electron chi connectivity index (χ1n) is 6.00. The van der Waals surface area contributed by atoms with Crippen LogP contribution in [0.1, 0.15) is 21.5 Å². The molecular formula is C15H10F2N2O. The highest BCUT2D eigenvalue weighted by molar-refractivity contribution is 6.16. The van der Waals surface area contributed by atoms with Gasteiger partial charge in [-0.25, -0.2) is 13.8 Å². The minimum Gasteiger partial charge on any atom is -0.345 e. The molecule has 0 atom stereocenters. The van der Waals surface area contributed by atoms with Crippen LogP contribution < -0.4 is 0 Å².